The van der Waals surface area contributed by atoms with Crippen LogP contribution in [0, 0.1) is 11.3 Å². The van der Waals surface area contributed by atoms with E-state index < -0.39 is 0 Å². The van der Waals surface area contributed by atoms with Gasteiger partial charge in [-0.05, 0) is 30.6 Å². The minimum atomic E-state index is 0. The molecule has 66 valence electrons. The lowest BCUT2D eigenvalue weighted by molar-refractivity contribution is 0.240. The van der Waals surface area contributed by atoms with Crippen LogP contribution in [0.4, 0.5) is 0 Å². The third-order valence-electron chi connectivity index (χ3n) is 3.60. The smallest absolute Gasteiger partial charge is 0.0110 e. The molecule has 0 heterocycles. The number of hydrogen-bond acceptors (Lipinski definition) is 2. The molecule has 0 aliphatic heterocycles. The first-order chi connectivity index (χ1) is 4.63. The second-order valence-electron chi connectivity index (χ2n) is 4.26. The molecule has 2 atom stereocenters. The molecule has 2 unspecified atom stereocenters. The Morgan fingerprint density at radius 2 is 1.64 bits per heavy atom. The predicted molar refractivity (Wildman–Crippen MR) is 48.6 cm³/mol. The fraction of sp³-hybridized carbons (Fsp3) is 1.00. The van der Waals surface area contributed by atoms with Crippen molar-refractivity contribution in [2.24, 2.45) is 22.8 Å². The summed E-state index contributed by atoms with van der Waals surface area (Å²) in [5.74, 6) is 0.843. The highest BCUT2D eigenvalue weighted by Gasteiger charge is 2.52. The van der Waals surface area contributed by atoms with Crippen molar-refractivity contribution in [3.8, 4) is 0 Å². The van der Waals surface area contributed by atoms with Crippen LogP contribution in [0.15, 0.2) is 0 Å². The number of fused-ring (bicyclic) bond motifs is 2. The molecular weight excluding hydrogens is 160 g/mol. The Morgan fingerprint density at radius 1 is 1.18 bits per heavy atom. The first kappa shape index (κ1) is 9.30. The maximum atomic E-state index is 5.96. The molecule has 3 heteroatoms. The summed E-state index contributed by atoms with van der Waals surface area (Å²) in [6.07, 6.45) is 3.70. The molecule has 0 aromatic carbocycles. The molecule has 2 saturated carbocycles. The zero-order valence-electron chi connectivity index (χ0n) is 6.92. The van der Waals surface area contributed by atoms with Crippen LogP contribution in [0.5, 0.6) is 0 Å². The van der Waals surface area contributed by atoms with Crippen LogP contribution in [-0.4, -0.2) is 12.1 Å². The summed E-state index contributed by atoms with van der Waals surface area (Å²) in [5.41, 5.74) is 12.2. The molecule has 0 aromatic rings. The van der Waals surface area contributed by atoms with Crippen LogP contribution in [0.3, 0.4) is 0 Å². The van der Waals surface area contributed by atoms with Crippen molar-refractivity contribution >= 4 is 12.4 Å². The van der Waals surface area contributed by atoms with Gasteiger partial charge in [0.15, 0.2) is 0 Å². The van der Waals surface area contributed by atoms with Crippen LogP contribution >= 0.6 is 12.4 Å². The van der Waals surface area contributed by atoms with Gasteiger partial charge in [0.1, 0.15) is 0 Å². The van der Waals surface area contributed by atoms with Crippen molar-refractivity contribution in [1.82, 2.24) is 0 Å². The van der Waals surface area contributed by atoms with E-state index in [2.05, 4.69) is 6.92 Å². The van der Waals surface area contributed by atoms with Gasteiger partial charge in [0, 0.05) is 12.1 Å². The SMILES string of the molecule is CC12CC(CC1N)CC2N.Cl. The van der Waals surface area contributed by atoms with Gasteiger partial charge in [-0.25, -0.2) is 0 Å². The van der Waals surface area contributed by atoms with Crippen molar-refractivity contribution in [3.63, 3.8) is 0 Å². The van der Waals surface area contributed by atoms with Crippen LogP contribution in [-0.2, 0) is 0 Å². The number of halogens is 1. The molecule has 0 radical (unpaired) electrons. The number of nitrogens with two attached hydrogens (primary N) is 2. The molecule has 0 spiro atoms. The molecule has 2 rings (SSSR count). The van der Waals surface area contributed by atoms with Crippen LogP contribution in [0.25, 0.3) is 0 Å². The quantitative estimate of drug-likeness (QED) is 0.576. The van der Waals surface area contributed by atoms with Crippen molar-refractivity contribution < 1.29 is 0 Å². The summed E-state index contributed by atoms with van der Waals surface area (Å²) in [5, 5.41) is 0. The summed E-state index contributed by atoms with van der Waals surface area (Å²) in [7, 11) is 0. The number of rotatable bonds is 0. The lowest BCUT2D eigenvalue weighted by atomic mass is 9.79. The Morgan fingerprint density at radius 3 is 1.82 bits per heavy atom. The standard InChI is InChI=1S/C8H16N2.ClH/c1-8-4-5(2-6(8)9)3-7(8)10;/h5-7H,2-4,9-10H2,1H3;1H. The summed E-state index contributed by atoms with van der Waals surface area (Å²) in [6.45, 7) is 2.25. The number of hydrogen-bond donors (Lipinski definition) is 2. The minimum Gasteiger partial charge on any atom is -0.327 e. The minimum absolute atomic E-state index is 0. The van der Waals surface area contributed by atoms with Crippen molar-refractivity contribution in [2.45, 2.75) is 38.3 Å². The Hall–Kier alpha value is 0.210. The Kier molecular flexibility index (Phi) is 2.21. The van der Waals surface area contributed by atoms with Gasteiger partial charge in [-0.15, -0.1) is 12.4 Å². The summed E-state index contributed by atoms with van der Waals surface area (Å²) < 4.78 is 0. The second-order valence-corrected chi connectivity index (χ2v) is 4.26. The maximum absolute atomic E-state index is 5.96. The zero-order valence-corrected chi connectivity index (χ0v) is 7.73. The summed E-state index contributed by atoms with van der Waals surface area (Å²) >= 11 is 0. The van der Waals surface area contributed by atoms with Gasteiger partial charge in [0.05, 0.1) is 0 Å². The first-order valence-electron chi connectivity index (χ1n) is 4.14. The van der Waals surface area contributed by atoms with E-state index in [4.69, 9.17) is 11.5 Å². The fourth-order valence-electron chi connectivity index (χ4n) is 2.72. The monoisotopic (exact) mass is 176 g/mol. The fourth-order valence-corrected chi connectivity index (χ4v) is 2.72. The lowest BCUT2D eigenvalue weighted by Gasteiger charge is -2.33. The van der Waals surface area contributed by atoms with Gasteiger partial charge in [0.2, 0.25) is 0 Å². The molecular formula is C8H17ClN2. The van der Waals surface area contributed by atoms with E-state index in [9.17, 15) is 0 Å². The molecule has 11 heavy (non-hydrogen) atoms. The molecule has 2 bridgehead atoms. The topological polar surface area (TPSA) is 52.0 Å². The second kappa shape index (κ2) is 2.61. The highest BCUT2D eigenvalue weighted by atomic mass is 35.5. The average molecular weight is 177 g/mol. The van der Waals surface area contributed by atoms with Crippen LogP contribution < -0.4 is 11.5 Å². The largest absolute Gasteiger partial charge is 0.327 e. The zero-order chi connectivity index (χ0) is 7.35. The van der Waals surface area contributed by atoms with Gasteiger partial charge in [0.25, 0.3) is 0 Å². The third kappa shape index (κ3) is 1.08. The molecule has 2 nitrogen and oxygen atoms in total. The Bertz CT molecular complexity index is 148. The molecule has 0 aromatic heterocycles. The molecule has 0 amide bonds. The average Bonchev–Trinajstić information content (AvgIpc) is 2.20. The highest BCUT2D eigenvalue weighted by molar-refractivity contribution is 5.85. The van der Waals surface area contributed by atoms with Gasteiger partial charge in [-0.2, -0.15) is 0 Å². The van der Waals surface area contributed by atoms with E-state index in [1.165, 1.54) is 19.3 Å². The normalized spacial score (nSPS) is 54.3. The molecule has 2 aliphatic rings. The van der Waals surface area contributed by atoms with E-state index in [0.29, 0.717) is 12.1 Å². The molecule has 2 aliphatic carbocycles. The van der Waals surface area contributed by atoms with E-state index in [-0.39, 0.29) is 17.8 Å². The van der Waals surface area contributed by atoms with Crippen molar-refractivity contribution in [3.05, 3.63) is 0 Å². The van der Waals surface area contributed by atoms with Gasteiger partial charge < -0.3 is 11.5 Å². The van der Waals surface area contributed by atoms with Crippen LogP contribution in [0.1, 0.15) is 26.2 Å². The van der Waals surface area contributed by atoms with Crippen molar-refractivity contribution in [2.75, 3.05) is 0 Å². The lowest BCUT2D eigenvalue weighted by Crippen LogP contribution is -2.48. The molecule has 4 N–H and O–H groups in total. The van der Waals surface area contributed by atoms with E-state index in [1.54, 1.807) is 0 Å². The van der Waals surface area contributed by atoms with Gasteiger partial charge >= 0.3 is 0 Å². The van der Waals surface area contributed by atoms with E-state index in [0.717, 1.165) is 5.92 Å². The Labute approximate surface area is 74.1 Å². The summed E-state index contributed by atoms with van der Waals surface area (Å²) in [6, 6.07) is 0.752. The van der Waals surface area contributed by atoms with Crippen LogP contribution in [0.2, 0.25) is 0 Å². The third-order valence-corrected chi connectivity index (χ3v) is 3.60. The van der Waals surface area contributed by atoms with E-state index >= 15 is 0 Å². The van der Waals surface area contributed by atoms with Gasteiger partial charge in [-0.3, -0.25) is 0 Å². The van der Waals surface area contributed by atoms with Crippen molar-refractivity contribution in [1.29, 1.82) is 0 Å². The molecule has 0 saturated heterocycles. The summed E-state index contributed by atoms with van der Waals surface area (Å²) in [4.78, 5) is 0. The predicted octanol–water partition coefficient (Wildman–Crippen LogP) is 0.883. The highest BCUT2D eigenvalue weighted by Crippen LogP contribution is 2.51. The van der Waals surface area contributed by atoms with Gasteiger partial charge in [-0.1, -0.05) is 6.92 Å². The maximum Gasteiger partial charge on any atom is 0.0110 e. The van der Waals surface area contributed by atoms with E-state index in [1.807, 2.05) is 0 Å². The Balaban J connectivity index is 0.000000605. The first-order valence-corrected chi connectivity index (χ1v) is 4.14. The molecule has 2 fully saturated rings.